The largest absolute Gasteiger partial charge is 0.444 e. The van der Waals surface area contributed by atoms with Crippen LogP contribution in [0.15, 0.2) is 42.9 Å². The molecular weight excluding hydrogens is 686 g/mol. The summed E-state index contributed by atoms with van der Waals surface area (Å²) in [5.41, 5.74) is 5.26. The molecule has 2 saturated heterocycles. The van der Waals surface area contributed by atoms with E-state index in [0.717, 1.165) is 68.1 Å². The van der Waals surface area contributed by atoms with Crippen molar-refractivity contribution in [3.05, 3.63) is 53.4 Å². The molecule has 4 heterocycles. The molecule has 0 aliphatic carbocycles. The van der Waals surface area contributed by atoms with Gasteiger partial charge in [-0.05, 0) is 70.2 Å². The number of aromatic nitrogens is 3. The van der Waals surface area contributed by atoms with Crippen LogP contribution in [0.3, 0.4) is 0 Å². The highest BCUT2D eigenvalue weighted by Gasteiger charge is 2.45. The van der Waals surface area contributed by atoms with Crippen molar-refractivity contribution in [2.24, 2.45) is 5.73 Å². The van der Waals surface area contributed by atoms with Gasteiger partial charge in [0.1, 0.15) is 28.9 Å². The van der Waals surface area contributed by atoms with E-state index in [1.54, 1.807) is 0 Å². The fraction of sp³-hybridized carbons (Fsp3) is 0.622. The highest BCUT2D eigenvalue weighted by Crippen LogP contribution is 2.31. The van der Waals surface area contributed by atoms with E-state index in [1.807, 2.05) is 57.3 Å². The Morgan fingerprint density at radius 3 is 2.29 bits per heavy atom. The number of carbonyl (C=O) groups excluding carboxylic acids is 2. The number of H-pyrrole nitrogens is 1. The van der Waals surface area contributed by atoms with Crippen LogP contribution >= 0.6 is 11.6 Å². The lowest BCUT2D eigenvalue weighted by Gasteiger charge is -2.42. The molecule has 0 spiro atoms. The average Bonchev–Trinajstić information content (AvgIpc) is 3.61. The van der Waals surface area contributed by atoms with E-state index in [9.17, 15) is 9.59 Å². The summed E-state index contributed by atoms with van der Waals surface area (Å²) in [4.78, 5) is 46.8. The van der Waals surface area contributed by atoms with Gasteiger partial charge in [0.25, 0.3) is 0 Å². The van der Waals surface area contributed by atoms with Crippen molar-refractivity contribution in [1.82, 2.24) is 35.4 Å². The molecule has 2 aliphatic rings. The van der Waals surface area contributed by atoms with Crippen LogP contribution in [0, 0.1) is 0 Å². The Bertz CT molecular complexity index is 1550. The third kappa shape index (κ3) is 11.5. The van der Waals surface area contributed by atoms with Crippen molar-refractivity contribution in [2.75, 3.05) is 90.2 Å². The molecule has 3 aromatic rings. The molecule has 14 nitrogen and oxygen atoms in total. The second kappa shape index (κ2) is 19.0. The second-order valence-electron chi connectivity index (χ2n) is 14.5. The van der Waals surface area contributed by atoms with Gasteiger partial charge in [0.15, 0.2) is 0 Å². The molecule has 286 valence electrons. The Labute approximate surface area is 312 Å². The normalized spacial score (nSPS) is 17.6. The quantitative estimate of drug-likeness (QED) is 0.149. The minimum Gasteiger partial charge on any atom is -0.444 e. The molecule has 0 bridgehead atoms. The molecule has 2 amide bonds. The zero-order chi connectivity index (χ0) is 37.0. The highest BCUT2D eigenvalue weighted by atomic mass is 35.5. The SMILES string of the molecule is CC(C)(C)OC(=O)NC1(C(=O)N[C@@H](CCN2CCN(CCCOCCOCCN)CC2)c2ccc(Cl)cc2)CCN(c2ncnc3[nH]ccc23)CC1. The Kier molecular flexibility index (Phi) is 14.5. The Morgan fingerprint density at radius 1 is 0.942 bits per heavy atom. The Balaban J connectivity index is 1.20. The number of hydrogen-bond donors (Lipinski definition) is 4. The van der Waals surface area contributed by atoms with Crippen LogP contribution in [-0.4, -0.2) is 133 Å². The zero-order valence-electron chi connectivity index (χ0n) is 30.9. The van der Waals surface area contributed by atoms with Crippen LogP contribution in [0.4, 0.5) is 10.6 Å². The summed E-state index contributed by atoms with van der Waals surface area (Å²) in [6.07, 6.45) is 5.19. The van der Waals surface area contributed by atoms with Crippen molar-refractivity contribution in [2.45, 2.75) is 63.6 Å². The van der Waals surface area contributed by atoms with E-state index in [-0.39, 0.29) is 11.9 Å². The summed E-state index contributed by atoms with van der Waals surface area (Å²) in [5, 5.41) is 7.90. The number of anilines is 1. The summed E-state index contributed by atoms with van der Waals surface area (Å²) in [6, 6.07) is 9.29. The molecular formula is C37H56ClN9O5. The number of carbonyl (C=O) groups is 2. The number of nitrogens with one attached hydrogen (secondary N) is 3. The topological polar surface area (TPSA) is 163 Å². The summed E-state index contributed by atoms with van der Waals surface area (Å²) in [6.45, 7) is 15.1. The van der Waals surface area contributed by atoms with Crippen LogP contribution in [0.5, 0.6) is 0 Å². The minimum atomic E-state index is -1.18. The molecule has 0 unspecified atom stereocenters. The van der Waals surface area contributed by atoms with E-state index in [0.29, 0.717) is 70.3 Å². The number of hydrogen-bond acceptors (Lipinski definition) is 11. The van der Waals surface area contributed by atoms with Gasteiger partial charge in [-0.2, -0.15) is 0 Å². The predicted octanol–water partition coefficient (Wildman–Crippen LogP) is 3.72. The van der Waals surface area contributed by atoms with E-state index in [1.165, 1.54) is 6.33 Å². The third-order valence-corrected chi connectivity index (χ3v) is 9.85. The lowest BCUT2D eigenvalue weighted by atomic mass is 9.85. The minimum absolute atomic E-state index is 0.231. The number of fused-ring (bicyclic) bond motifs is 1. The van der Waals surface area contributed by atoms with E-state index >= 15 is 0 Å². The maximum absolute atomic E-state index is 14.5. The van der Waals surface area contributed by atoms with Crippen molar-refractivity contribution in [3.63, 3.8) is 0 Å². The number of nitrogens with two attached hydrogens (primary N) is 1. The first-order chi connectivity index (χ1) is 25.0. The monoisotopic (exact) mass is 741 g/mol. The number of aromatic amines is 1. The van der Waals surface area contributed by atoms with Gasteiger partial charge in [0.05, 0.1) is 31.2 Å². The molecule has 1 atom stereocenters. The molecule has 5 rings (SSSR count). The first kappa shape index (κ1) is 39.7. The number of benzene rings is 1. The summed E-state index contributed by atoms with van der Waals surface area (Å²) in [7, 11) is 0. The number of ether oxygens (including phenoxy) is 3. The van der Waals surface area contributed by atoms with Crippen LogP contribution in [-0.2, 0) is 19.0 Å². The number of alkyl carbamates (subject to hydrolysis) is 1. The van der Waals surface area contributed by atoms with Crippen molar-refractivity contribution in [1.29, 1.82) is 0 Å². The van der Waals surface area contributed by atoms with Gasteiger partial charge in [0.2, 0.25) is 5.91 Å². The number of piperidine rings is 1. The van der Waals surface area contributed by atoms with Crippen LogP contribution < -0.4 is 21.3 Å². The standard InChI is InChI=1S/C37H56ClN9O5/c1-36(2,3)52-35(49)44-37(11-17-47(18-12-37)33-30-9-14-40-32(30)41-27-42-33)34(48)43-31(28-5-7-29(38)8-6-28)10-16-46-21-19-45(20-22-46)15-4-23-50-25-26-51-24-13-39/h5-9,14,27,31H,4,10-13,15-26,39H2,1-3H3,(H,43,48)(H,44,49)(H,40,41,42)/t31-/m0/s1. The molecule has 15 heteroatoms. The molecule has 1 aromatic carbocycles. The van der Waals surface area contributed by atoms with E-state index < -0.39 is 17.2 Å². The summed E-state index contributed by atoms with van der Waals surface area (Å²) >= 11 is 6.27. The smallest absolute Gasteiger partial charge is 0.408 e. The molecule has 0 radical (unpaired) electrons. The van der Waals surface area contributed by atoms with Crippen LogP contribution in [0.25, 0.3) is 11.0 Å². The van der Waals surface area contributed by atoms with Crippen molar-refractivity contribution < 1.29 is 23.8 Å². The van der Waals surface area contributed by atoms with Gasteiger partial charge in [-0.1, -0.05) is 23.7 Å². The van der Waals surface area contributed by atoms with Crippen LogP contribution in [0.1, 0.15) is 58.1 Å². The fourth-order valence-corrected chi connectivity index (χ4v) is 6.90. The lowest BCUT2D eigenvalue weighted by molar-refractivity contribution is -0.129. The average molecular weight is 742 g/mol. The number of amides is 2. The maximum Gasteiger partial charge on any atom is 0.408 e. The highest BCUT2D eigenvalue weighted by molar-refractivity contribution is 6.30. The summed E-state index contributed by atoms with van der Waals surface area (Å²) < 4.78 is 16.7. The van der Waals surface area contributed by atoms with Gasteiger partial charge in [-0.25, -0.2) is 14.8 Å². The van der Waals surface area contributed by atoms with Gasteiger partial charge < -0.3 is 50.3 Å². The summed E-state index contributed by atoms with van der Waals surface area (Å²) in [5.74, 6) is 0.569. The predicted molar refractivity (Wildman–Crippen MR) is 203 cm³/mol. The molecule has 2 aromatic heterocycles. The first-order valence-electron chi connectivity index (χ1n) is 18.5. The molecule has 5 N–H and O–H groups in total. The van der Waals surface area contributed by atoms with E-state index in [4.69, 9.17) is 31.5 Å². The lowest BCUT2D eigenvalue weighted by Crippen LogP contribution is -2.64. The van der Waals surface area contributed by atoms with Crippen LogP contribution in [0.2, 0.25) is 5.02 Å². The maximum atomic E-state index is 14.5. The molecule has 52 heavy (non-hydrogen) atoms. The Hall–Kier alpha value is -3.53. The van der Waals surface area contributed by atoms with Gasteiger partial charge in [0, 0.05) is 76.7 Å². The van der Waals surface area contributed by atoms with E-state index in [2.05, 4.69) is 40.3 Å². The number of nitrogens with zero attached hydrogens (tertiary/aromatic N) is 5. The second-order valence-corrected chi connectivity index (χ2v) is 15.0. The fourth-order valence-electron chi connectivity index (χ4n) is 6.78. The molecule has 2 fully saturated rings. The van der Waals surface area contributed by atoms with Gasteiger partial charge in [-0.3, -0.25) is 4.79 Å². The zero-order valence-corrected chi connectivity index (χ0v) is 31.6. The molecule has 2 aliphatic heterocycles. The third-order valence-electron chi connectivity index (χ3n) is 9.60. The van der Waals surface area contributed by atoms with Crippen molar-refractivity contribution >= 4 is 40.5 Å². The van der Waals surface area contributed by atoms with Crippen molar-refractivity contribution in [3.8, 4) is 0 Å². The number of piperazine rings is 1. The number of halogens is 1. The number of rotatable bonds is 17. The first-order valence-corrected chi connectivity index (χ1v) is 18.8. The molecule has 0 saturated carbocycles. The Morgan fingerprint density at radius 2 is 1.62 bits per heavy atom. The van der Waals surface area contributed by atoms with Gasteiger partial charge >= 0.3 is 6.09 Å². The van der Waals surface area contributed by atoms with Gasteiger partial charge in [-0.15, -0.1) is 0 Å².